The van der Waals surface area contributed by atoms with Gasteiger partial charge in [-0.3, -0.25) is 15.1 Å². The molecule has 1 amide bonds. The van der Waals surface area contributed by atoms with Crippen molar-refractivity contribution in [3.8, 4) is 0 Å². The highest BCUT2D eigenvalue weighted by Gasteiger charge is 2.50. The molecule has 0 aliphatic carbocycles. The highest BCUT2D eigenvalue weighted by atomic mass is 16.2. The van der Waals surface area contributed by atoms with E-state index in [1.807, 2.05) is 60.4 Å². The normalized spacial score (nSPS) is 23.3. The van der Waals surface area contributed by atoms with Crippen LogP contribution in [0.1, 0.15) is 43.8 Å². The molecule has 2 atom stereocenters. The lowest BCUT2D eigenvalue weighted by molar-refractivity contribution is -0.134. The van der Waals surface area contributed by atoms with Crippen molar-refractivity contribution >= 4 is 12.0 Å². The molecule has 1 unspecified atom stereocenters. The van der Waals surface area contributed by atoms with Crippen LogP contribution in [0.5, 0.6) is 0 Å². The minimum Gasteiger partial charge on any atom is -0.315 e. The average Bonchev–Trinajstić information content (AvgIpc) is 2.89. The second kappa shape index (κ2) is 6.81. The molecular formula is C21H25N3O. The topological polar surface area (TPSA) is 45.2 Å². The molecule has 4 heteroatoms. The Hall–Kier alpha value is -2.46. The van der Waals surface area contributed by atoms with Crippen LogP contribution in [0.3, 0.4) is 0 Å². The Labute approximate surface area is 149 Å². The van der Waals surface area contributed by atoms with Gasteiger partial charge in [0.15, 0.2) is 0 Å². The monoisotopic (exact) mass is 335 g/mol. The molecule has 1 N–H and O–H groups in total. The smallest absolute Gasteiger partial charge is 0.244 e. The lowest BCUT2D eigenvalue weighted by Crippen LogP contribution is -2.48. The van der Waals surface area contributed by atoms with Crippen molar-refractivity contribution in [1.29, 1.82) is 0 Å². The third-order valence-electron chi connectivity index (χ3n) is 5.14. The summed E-state index contributed by atoms with van der Waals surface area (Å²) >= 11 is 0. The summed E-state index contributed by atoms with van der Waals surface area (Å²) in [7, 11) is 0. The van der Waals surface area contributed by atoms with E-state index in [1.165, 1.54) is 0 Å². The third kappa shape index (κ3) is 3.22. The maximum Gasteiger partial charge on any atom is 0.244 e. The first-order valence-corrected chi connectivity index (χ1v) is 8.67. The minimum atomic E-state index is -0.594. The molecule has 130 valence electrons. The molecule has 1 aromatic heterocycles. The fourth-order valence-corrected chi connectivity index (χ4v) is 3.14. The summed E-state index contributed by atoms with van der Waals surface area (Å²) in [5.74, 6) is 0.297. The van der Waals surface area contributed by atoms with E-state index in [4.69, 9.17) is 0 Å². The maximum absolute atomic E-state index is 13.2. The van der Waals surface area contributed by atoms with Crippen LogP contribution in [-0.2, 0) is 11.3 Å². The number of nitrogens with one attached hydrogen (secondary N) is 1. The van der Waals surface area contributed by atoms with Gasteiger partial charge in [0.2, 0.25) is 5.91 Å². The van der Waals surface area contributed by atoms with Crippen LogP contribution in [-0.4, -0.2) is 21.3 Å². The summed E-state index contributed by atoms with van der Waals surface area (Å²) in [6.45, 7) is 10.5. The lowest BCUT2D eigenvalue weighted by atomic mass is 9.88. The Morgan fingerprint density at radius 1 is 1.28 bits per heavy atom. The van der Waals surface area contributed by atoms with Gasteiger partial charge in [-0.1, -0.05) is 56.8 Å². The van der Waals surface area contributed by atoms with Crippen molar-refractivity contribution in [2.75, 3.05) is 0 Å². The standard InChI is InChI=1S/C21H25N3O/c1-5-16-9-11-17(12-10-16)14-24-19(18-8-6-7-13-22-18)23-21(4,15(2)3)20(24)25/h5-13,15,19,23H,1,14H2,2-4H3/t19?,21-/m0/s1. The van der Waals surface area contributed by atoms with Gasteiger partial charge < -0.3 is 4.90 Å². The fourth-order valence-electron chi connectivity index (χ4n) is 3.14. The molecule has 1 aliphatic rings. The zero-order chi connectivity index (χ0) is 18.0. The second-order valence-electron chi connectivity index (χ2n) is 7.04. The molecule has 1 saturated heterocycles. The van der Waals surface area contributed by atoms with E-state index in [0.717, 1.165) is 16.8 Å². The van der Waals surface area contributed by atoms with Crippen LogP contribution in [0.4, 0.5) is 0 Å². The first kappa shape index (κ1) is 17.4. The Kier molecular flexibility index (Phi) is 4.73. The third-order valence-corrected chi connectivity index (χ3v) is 5.14. The van der Waals surface area contributed by atoms with E-state index in [-0.39, 0.29) is 18.0 Å². The summed E-state index contributed by atoms with van der Waals surface area (Å²) in [4.78, 5) is 19.6. The second-order valence-corrected chi connectivity index (χ2v) is 7.04. The number of carbonyl (C=O) groups is 1. The number of rotatable bonds is 5. The number of aromatic nitrogens is 1. The molecule has 0 bridgehead atoms. The van der Waals surface area contributed by atoms with E-state index in [1.54, 1.807) is 6.20 Å². The molecule has 2 heterocycles. The fraction of sp³-hybridized carbons (Fsp3) is 0.333. The zero-order valence-corrected chi connectivity index (χ0v) is 15.1. The van der Waals surface area contributed by atoms with E-state index in [0.29, 0.717) is 6.54 Å². The van der Waals surface area contributed by atoms with E-state index >= 15 is 0 Å². The highest BCUT2D eigenvalue weighted by Crippen LogP contribution is 2.35. The van der Waals surface area contributed by atoms with Gasteiger partial charge in [0, 0.05) is 12.7 Å². The van der Waals surface area contributed by atoms with Gasteiger partial charge in [0.1, 0.15) is 6.17 Å². The Balaban J connectivity index is 1.94. The SMILES string of the molecule is C=Cc1ccc(CN2C(=O)[C@](C)(C(C)C)NC2c2ccccn2)cc1. The quantitative estimate of drug-likeness (QED) is 0.905. The molecular weight excluding hydrogens is 310 g/mol. The summed E-state index contributed by atoms with van der Waals surface area (Å²) in [6.07, 6.45) is 3.36. The predicted octanol–water partition coefficient (Wildman–Crippen LogP) is 3.77. The molecule has 0 spiro atoms. The van der Waals surface area contributed by atoms with E-state index < -0.39 is 5.54 Å². The molecule has 1 aromatic carbocycles. The molecule has 2 aromatic rings. The first-order valence-electron chi connectivity index (χ1n) is 8.67. The van der Waals surface area contributed by atoms with Crippen molar-refractivity contribution < 1.29 is 4.79 Å². The van der Waals surface area contributed by atoms with Crippen LogP contribution < -0.4 is 5.32 Å². The van der Waals surface area contributed by atoms with Crippen LogP contribution in [0, 0.1) is 5.92 Å². The number of hydrogen-bond acceptors (Lipinski definition) is 3. The van der Waals surface area contributed by atoms with Gasteiger partial charge in [0.05, 0.1) is 11.2 Å². The number of pyridine rings is 1. The van der Waals surface area contributed by atoms with Gasteiger partial charge in [-0.15, -0.1) is 0 Å². The average molecular weight is 335 g/mol. The highest BCUT2D eigenvalue weighted by molar-refractivity contribution is 5.88. The van der Waals surface area contributed by atoms with Crippen molar-refractivity contribution in [2.24, 2.45) is 5.92 Å². The minimum absolute atomic E-state index is 0.117. The van der Waals surface area contributed by atoms with Crippen molar-refractivity contribution in [2.45, 2.75) is 39.0 Å². The van der Waals surface area contributed by atoms with Crippen LogP contribution in [0.25, 0.3) is 6.08 Å². The maximum atomic E-state index is 13.2. The number of benzene rings is 1. The molecule has 4 nitrogen and oxygen atoms in total. The number of nitrogens with zero attached hydrogens (tertiary/aromatic N) is 2. The van der Waals surface area contributed by atoms with Crippen molar-refractivity contribution in [3.05, 3.63) is 72.1 Å². The summed E-state index contributed by atoms with van der Waals surface area (Å²) in [5, 5.41) is 3.52. The van der Waals surface area contributed by atoms with Crippen LogP contribution in [0.15, 0.2) is 55.2 Å². The summed E-state index contributed by atoms with van der Waals surface area (Å²) in [5.41, 5.74) is 2.43. The molecule has 0 saturated carbocycles. The number of hydrogen-bond donors (Lipinski definition) is 1. The van der Waals surface area contributed by atoms with Crippen LogP contribution in [0.2, 0.25) is 0 Å². The molecule has 1 fully saturated rings. The van der Waals surface area contributed by atoms with Gasteiger partial charge in [-0.05, 0) is 36.1 Å². The largest absolute Gasteiger partial charge is 0.315 e. The predicted molar refractivity (Wildman–Crippen MR) is 100 cm³/mol. The zero-order valence-electron chi connectivity index (χ0n) is 15.1. The van der Waals surface area contributed by atoms with Gasteiger partial charge in [-0.25, -0.2) is 0 Å². The van der Waals surface area contributed by atoms with Gasteiger partial charge in [0.25, 0.3) is 0 Å². The van der Waals surface area contributed by atoms with Crippen molar-refractivity contribution in [1.82, 2.24) is 15.2 Å². The van der Waals surface area contributed by atoms with Gasteiger partial charge in [-0.2, -0.15) is 0 Å². The first-order chi connectivity index (χ1) is 12.0. The van der Waals surface area contributed by atoms with E-state index in [9.17, 15) is 4.79 Å². The molecule has 3 rings (SSSR count). The molecule has 0 radical (unpaired) electrons. The Morgan fingerprint density at radius 2 is 2.00 bits per heavy atom. The van der Waals surface area contributed by atoms with Crippen LogP contribution >= 0.6 is 0 Å². The van der Waals surface area contributed by atoms with Gasteiger partial charge >= 0.3 is 0 Å². The Morgan fingerprint density at radius 3 is 2.56 bits per heavy atom. The molecule has 25 heavy (non-hydrogen) atoms. The lowest BCUT2D eigenvalue weighted by Gasteiger charge is -2.26. The number of amides is 1. The Bertz CT molecular complexity index is 754. The summed E-state index contributed by atoms with van der Waals surface area (Å²) in [6, 6.07) is 13.9. The molecule has 1 aliphatic heterocycles. The van der Waals surface area contributed by atoms with E-state index in [2.05, 4.69) is 30.7 Å². The van der Waals surface area contributed by atoms with Crippen molar-refractivity contribution in [3.63, 3.8) is 0 Å². The number of carbonyl (C=O) groups excluding carboxylic acids is 1. The summed E-state index contributed by atoms with van der Waals surface area (Å²) < 4.78 is 0.